The lowest BCUT2D eigenvalue weighted by Gasteiger charge is -2.02. The lowest BCUT2D eigenvalue weighted by molar-refractivity contribution is 0.257. The van der Waals surface area contributed by atoms with Crippen molar-refractivity contribution >= 4 is 0 Å². The van der Waals surface area contributed by atoms with Gasteiger partial charge in [-0.2, -0.15) is 0 Å². The molecule has 0 radical (unpaired) electrons. The lowest BCUT2D eigenvalue weighted by Crippen LogP contribution is -1.89. The van der Waals surface area contributed by atoms with E-state index in [2.05, 4.69) is 13.2 Å². The molecule has 1 N–H and O–H groups in total. The molecule has 0 unspecified atom stereocenters. The maximum Gasteiger partial charge on any atom is 0.160 e. The Morgan fingerprint density at radius 2 is 2.00 bits per heavy atom. The molecule has 0 aliphatic carbocycles. The van der Waals surface area contributed by atoms with E-state index in [-0.39, 0.29) is 5.76 Å². The van der Waals surface area contributed by atoms with Gasteiger partial charge in [-0.15, -0.1) is 0 Å². The summed E-state index contributed by atoms with van der Waals surface area (Å²) in [5, 5.41) is 8.83. The number of ether oxygens (including phenoxy) is 1. The van der Waals surface area contributed by atoms with Crippen molar-refractivity contribution in [2.24, 2.45) is 0 Å². The molecule has 0 atom stereocenters. The first-order valence-corrected chi connectivity index (χ1v) is 2.87. The molecular weight excluding hydrogens is 128 g/mol. The smallest absolute Gasteiger partial charge is 0.160 e. The summed E-state index contributed by atoms with van der Waals surface area (Å²) in [5.41, 5.74) is 0.812. The van der Waals surface area contributed by atoms with Crippen LogP contribution in [0.5, 0.6) is 0 Å². The highest BCUT2D eigenvalue weighted by molar-refractivity contribution is 5.24. The number of rotatable bonds is 3. The van der Waals surface area contributed by atoms with Crippen LogP contribution in [-0.4, -0.2) is 12.2 Å². The number of aliphatic hydroxyl groups excluding tert-OH is 1. The fraction of sp³-hybridized carbons (Fsp3) is 0.250. The number of allylic oxidation sites excluding steroid dienone is 2. The highest BCUT2D eigenvalue weighted by Crippen LogP contribution is 2.07. The van der Waals surface area contributed by atoms with Crippen LogP contribution in [0.15, 0.2) is 36.3 Å². The van der Waals surface area contributed by atoms with Crippen molar-refractivity contribution in [2.75, 3.05) is 7.11 Å². The topological polar surface area (TPSA) is 29.5 Å². The monoisotopic (exact) mass is 140 g/mol. The quantitative estimate of drug-likeness (QED) is 0.481. The Bertz CT molecular complexity index is 178. The summed E-state index contributed by atoms with van der Waals surface area (Å²) in [6, 6.07) is 0. The average Bonchev–Trinajstić information content (AvgIpc) is 1.81. The Hall–Kier alpha value is -1.18. The summed E-state index contributed by atoms with van der Waals surface area (Å²) >= 11 is 0. The molecule has 0 fully saturated rings. The van der Waals surface area contributed by atoms with Gasteiger partial charge in [0.1, 0.15) is 5.76 Å². The maximum atomic E-state index is 8.83. The highest BCUT2D eigenvalue weighted by atomic mass is 16.5. The van der Waals surface area contributed by atoms with Gasteiger partial charge in [-0.25, -0.2) is 0 Å². The summed E-state index contributed by atoms with van der Waals surface area (Å²) in [7, 11) is 1.47. The van der Waals surface area contributed by atoms with E-state index in [0.29, 0.717) is 5.76 Å². The van der Waals surface area contributed by atoms with Crippen LogP contribution in [-0.2, 0) is 4.74 Å². The van der Waals surface area contributed by atoms with Gasteiger partial charge in [-0.3, -0.25) is 0 Å². The second-order valence-corrected chi connectivity index (χ2v) is 2.01. The van der Waals surface area contributed by atoms with Gasteiger partial charge in [0.05, 0.1) is 7.11 Å². The number of methoxy groups -OCH3 is 1. The van der Waals surface area contributed by atoms with Crippen molar-refractivity contribution in [3.63, 3.8) is 0 Å². The minimum Gasteiger partial charge on any atom is -0.505 e. The van der Waals surface area contributed by atoms with Crippen LogP contribution in [0, 0.1) is 0 Å². The molecule has 0 saturated carbocycles. The zero-order chi connectivity index (χ0) is 8.15. The zero-order valence-corrected chi connectivity index (χ0v) is 6.35. The number of hydrogen-bond donors (Lipinski definition) is 1. The molecule has 56 valence electrons. The van der Waals surface area contributed by atoms with Crippen molar-refractivity contribution < 1.29 is 9.84 Å². The average molecular weight is 140 g/mol. The Morgan fingerprint density at radius 1 is 1.50 bits per heavy atom. The molecule has 2 heteroatoms. The summed E-state index contributed by atoms with van der Waals surface area (Å²) in [4.78, 5) is 0. The number of hydrogen-bond acceptors (Lipinski definition) is 2. The van der Waals surface area contributed by atoms with E-state index < -0.39 is 0 Å². The molecular formula is C8H12O2. The van der Waals surface area contributed by atoms with E-state index in [4.69, 9.17) is 9.84 Å². The van der Waals surface area contributed by atoms with E-state index in [0.717, 1.165) is 5.57 Å². The molecule has 0 spiro atoms. The first-order chi connectivity index (χ1) is 4.57. The first-order valence-electron chi connectivity index (χ1n) is 2.87. The second-order valence-electron chi connectivity index (χ2n) is 2.01. The third kappa shape index (κ3) is 2.97. The minimum atomic E-state index is -0.0782. The molecule has 0 rings (SSSR count). The molecule has 0 heterocycles. The van der Waals surface area contributed by atoms with E-state index in [1.54, 1.807) is 6.08 Å². The van der Waals surface area contributed by atoms with Crippen LogP contribution >= 0.6 is 0 Å². The second kappa shape index (κ2) is 3.77. The Balaban J connectivity index is 4.34. The third-order valence-corrected chi connectivity index (χ3v) is 0.882. The fourth-order valence-electron chi connectivity index (χ4n) is 0.484. The Labute approximate surface area is 61.1 Å². The molecule has 0 aliphatic heterocycles. The molecule has 0 bridgehead atoms. The van der Waals surface area contributed by atoms with E-state index >= 15 is 0 Å². The van der Waals surface area contributed by atoms with Gasteiger partial charge in [0.15, 0.2) is 5.76 Å². The molecule has 0 amide bonds. The molecule has 0 saturated heterocycles. The van der Waals surface area contributed by atoms with Crippen LogP contribution in [0.25, 0.3) is 0 Å². The summed E-state index contributed by atoms with van der Waals surface area (Å²) in [6.45, 7) is 8.72. The highest BCUT2D eigenvalue weighted by Gasteiger charge is 1.97. The Morgan fingerprint density at radius 3 is 2.10 bits per heavy atom. The van der Waals surface area contributed by atoms with Crippen molar-refractivity contribution in [2.45, 2.75) is 6.92 Å². The SMILES string of the molecule is C=C(C)/C=C(/OC)C(=C)O. The van der Waals surface area contributed by atoms with E-state index in [1.807, 2.05) is 6.92 Å². The van der Waals surface area contributed by atoms with Crippen LogP contribution in [0.1, 0.15) is 6.92 Å². The van der Waals surface area contributed by atoms with Crippen LogP contribution in [0.3, 0.4) is 0 Å². The van der Waals surface area contributed by atoms with Crippen molar-refractivity contribution in [3.8, 4) is 0 Å². The molecule has 10 heavy (non-hydrogen) atoms. The number of aliphatic hydroxyl groups is 1. The molecule has 0 aromatic rings. The van der Waals surface area contributed by atoms with Crippen LogP contribution in [0.4, 0.5) is 0 Å². The predicted molar refractivity (Wildman–Crippen MR) is 41.7 cm³/mol. The summed E-state index contributed by atoms with van der Waals surface area (Å²) in [5.74, 6) is 0.276. The normalized spacial score (nSPS) is 10.8. The van der Waals surface area contributed by atoms with Crippen LogP contribution in [0.2, 0.25) is 0 Å². The molecule has 0 aromatic heterocycles. The van der Waals surface area contributed by atoms with Gasteiger partial charge in [-0.05, 0) is 13.0 Å². The maximum absolute atomic E-state index is 8.83. The molecule has 2 nitrogen and oxygen atoms in total. The molecule has 0 aliphatic rings. The van der Waals surface area contributed by atoms with Gasteiger partial charge in [0.2, 0.25) is 0 Å². The van der Waals surface area contributed by atoms with Crippen molar-refractivity contribution in [1.29, 1.82) is 0 Å². The summed E-state index contributed by atoms with van der Waals surface area (Å²) in [6.07, 6.45) is 1.61. The van der Waals surface area contributed by atoms with Gasteiger partial charge in [-0.1, -0.05) is 18.7 Å². The van der Waals surface area contributed by atoms with Gasteiger partial charge < -0.3 is 9.84 Å². The predicted octanol–water partition coefficient (Wildman–Crippen LogP) is 2.16. The minimum absolute atomic E-state index is 0.0782. The van der Waals surface area contributed by atoms with Crippen molar-refractivity contribution in [3.05, 3.63) is 36.3 Å². The Kier molecular flexibility index (Phi) is 3.33. The summed E-state index contributed by atoms with van der Waals surface area (Å²) < 4.78 is 4.77. The molecule has 0 aromatic carbocycles. The van der Waals surface area contributed by atoms with E-state index in [9.17, 15) is 0 Å². The van der Waals surface area contributed by atoms with E-state index in [1.165, 1.54) is 7.11 Å². The van der Waals surface area contributed by atoms with Gasteiger partial charge in [0, 0.05) is 0 Å². The third-order valence-electron chi connectivity index (χ3n) is 0.882. The first kappa shape index (κ1) is 8.82. The van der Waals surface area contributed by atoms with Gasteiger partial charge in [0.25, 0.3) is 0 Å². The standard InChI is InChI=1S/C8H12O2/c1-6(2)5-8(10-4)7(3)9/h5,9H,1,3H2,2,4H3/b8-5+. The van der Waals surface area contributed by atoms with Crippen LogP contribution < -0.4 is 0 Å². The van der Waals surface area contributed by atoms with Gasteiger partial charge >= 0.3 is 0 Å². The largest absolute Gasteiger partial charge is 0.505 e. The van der Waals surface area contributed by atoms with Crippen molar-refractivity contribution in [1.82, 2.24) is 0 Å². The lowest BCUT2D eigenvalue weighted by atomic mass is 10.3. The zero-order valence-electron chi connectivity index (χ0n) is 6.35. The fourth-order valence-corrected chi connectivity index (χ4v) is 0.484.